The summed E-state index contributed by atoms with van der Waals surface area (Å²) >= 11 is 0. The molecular formula is C14H17N3O2S. The highest BCUT2D eigenvalue weighted by molar-refractivity contribution is 7.84. The molecule has 1 N–H and O–H groups in total. The van der Waals surface area contributed by atoms with Crippen LogP contribution in [0, 0.1) is 0 Å². The summed E-state index contributed by atoms with van der Waals surface area (Å²) in [5.41, 5.74) is 0.566. The van der Waals surface area contributed by atoms with Gasteiger partial charge in [-0.05, 0) is 31.2 Å². The van der Waals surface area contributed by atoms with Gasteiger partial charge in [0.05, 0.1) is 6.33 Å². The Morgan fingerprint density at radius 2 is 2.10 bits per heavy atom. The first-order valence-corrected chi connectivity index (χ1v) is 7.82. The number of hydrogen-bond acceptors (Lipinski definition) is 3. The number of aromatic nitrogens is 2. The van der Waals surface area contributed by atoms with Crippen LogP contribution in [0.2, 0.25) is 0 Å². The van der Waals surface area contributed by atoms with Gasteiger partial charge in [0.1, 0.15) is 0 Å². The molecule has 0 aliphatic heterocycles. The first-order valence-electron chi connectivity index (χ1n) is 6.26. The Hall–Kier alpha value is -1.95. The molecule has 106 valence electrons. The molecule has 2 aromatic rings. The summed E-state index contributed by atoms with van der Waals surface area (Å²) in [6.45, 7) is 2.61. The zero-order valence-electron chi connectivity index (χ0n) is 11.4. The van der Waals surface area contributed by atoms with Crippen LogP contribution >= 0.6 is 0 Å². The minimum Gasteiger partial charge on any atom is -0.348 e. The minimum atomic E-state index is -1.03. The van der Waals surface area contributed by atoms with E-state index in [9.17, 15) is 9.00 Å². The third-order valence-electron chi connectivity index (χ3n) is 2.87. The van der Waals surface area contributed by atoms with Gasteiger partial charge < -0.3 is 9.88 Å². The predicted octanol–water partition coefficient (Wildman–Crippen LogP) is 1.44. The number of benzene rings is 1. The van der Waals surface area contributed by atoms with Crippen molar-refractivity contribution in [2.24, 2.45) is 0 Å². The van der Waals surface area contributed by atoms with Gasteiger partial charge >= 0.3 is 0 Å². The molecular weight excluding hydrogens is 274 g/mol. The van der Waals surface area contributed by atoms with Crippen LogP contribution in [-0.4, -0.2) is 32.0 Å². The van der Waals surface area contributed by atoms with Crippen molar-refractivity contribution in [3.05, 3.63) is 48.5 Å². The van der Waals surface area contributed by atoms with Crippen LogP contribution in [0.3, 0.4) is 0 Å². The molecule has 0 bridgehead atoms. The number of rotatable bonds is 5. The summed E-state index contributed by atoms with van der Waals surface area (Å²) in [5.74, 6) is -0.133. The molecule has 0 aliphatic rings. The summed E-state index contributed by atoms with van der Waals surface area (Å²) in [6, 6.07) is 6.81. The first kappa shape index (κ1) is 14.5. The molecule has 0 spiro atoms. The molecule has 1 aromatic carbocycles. The van der Waals surface area contributed by atoms with Gasteiger partial charge in [-0.2, -0.15) is 0 Å². The number of carbonyl (C=O) groups excluding carboxylic acids is 1. The maximum Gasteiger partial charge on any atom is 0.251 e. The summed E-state index contributed by atoms with van der Waals surface area (Å²) in [7, 11) is -1.03. The minimum absolute atomic E-state index is 0.00307. The van der Waals surface area contributed by atoms with Gasteiger partial charge in [0.15, 0.2) is 0 Å². The molecule has 5 nitrogen and oxygen atoms in total. The Balaban J connectivity index is 1.95. The Morgan fingerprint density at radius 1 is 1.40 bits per heavy atom. The highest BCUT2D eigenvalue weighted by Gasteiger charge is 2.10. The number of amides is 1. The molecule has 1 aromatic heterocycles. The smallest absolute Gasteiger partial charge is 0.251 e. The summed E-state index contributed by atoms with van der Waals surface area (Å²) < 4.78 is 13.2. The Morgan fingerprint density at radius 3 is 2.65 bits per heavy atom. The SMILES string of the molecule is C[C@@H](Cn1ccnc1)NC(=O)c1ccc([S@@](C)=O)cc1. The first-order chi connectivity index (χ1) is 9.56. The van der Waals surface area contributed by atoms with Gasteiger partial charge in [0.2, 0.25) is 0 Å². The van der Waals surface area contributed by atoms with E-state index in [2.05, 4.69) is 10.3 Å². The third-order valence-corrected chi connectivity index (χ3v) is 3.81. The van der Waals surface area contributed by atoms with Crippen molar-refractivity contribution in [1.82, 2.24) is 14.9 Å². The maximum atomic E-state index is 12.1. The van der Waals surface area contributed by atoms with Crippen molar-refractivity contribution in [2.75, 3.05) is 6.26 Å². The van der Waals surface area contributed by atoms with E-state index in [0.29, 0.717) is 17.0 Å². The van der Waals surface area contributed by atoms with E-state index >= 15 is 0 Å². The van der Waals surface area contributed by atoms with E-state index in [-0.39, 0.29) is 11.9 Å². The fourth-order valence-corrected chi connectivity index (χ4v) is 2.38. The second-order valence-electron chi connectivity index (χ2n) is 4.61. The Labute approximate surface area is 120 Å². The Bertz CT molecular complexity index is 593. The van der Waals surface area contributed by atoms with Crippen LogP contribution in [0.25, 0.3) is 0 Å². The standard InChI is InChI=1S/C14H17N3O2S/c1-11(9-17-8-7-15-10-17)16-14(18)12-3-5-13(6-4-12)20(2)19/h3-8,10-11H,9H2,1-2H3,(H,16,18)/t11-,20+/m0/s1. The normalized spacial score (nSPS) is 13.7. The van der Waals surface area contributed by atoms with Crippen molar-refractivity contribution >= 4 is 16.7 Å². The monoisotopic (exact) mass is 291 g/mol. The van der Waals surface area contributed by atoms with Crippen LogP contribution in [0.5, 0.6) is 0 Å². The molecule has 1 amide bonds. The van der Waals surface area contributed by atoms with Crippen molar-refractivity contribution in [3.8, 4) is 0 Å². The molecule has 1 heterocycles. The quantitative estimate of drug-likeness (QED) is 0.906. The second kappa shape index (κ2) is 6.47. The summed E-state index contributed by atoms with van der Waals surface area (Å²) in [6.07, 6.45) is 6.89. The Kier molecular flexibility index (Phi) is 4.68. The number of nitrogens with zero attached hydrogens (tertiary/aromatic N) is 2. The van der Waals surface area contributed by atoms with Crippen molar-refractivity contribution in [1.29, 1.82) is 0 Å². The largest absolute Gasteiger partial charge is 0.348 e. The van der Waals surface area contributed by atoms with E-state index < -0.39 is 10.8 Å². The zero-order valence-corrected chi connectivity index (χ0v) is 12.3. The lowest BCUT2D eigenvalue weighted by Gasteiger charge is -2.14. The summed E-state index contributed by atoms with van der Waals surface area (Å²) in [4.78, 5) is 16.7. The number of carbonyl (C=O) groups is 1. The molecule has 0 fully saturated rings. The van der Waals surface area contributed by atoms with Crippen LogP contribution < -0.4 is 5.32 Å². The van der Waals surface area contributed by atoms with Crippen LogP contribution in [0.1, 0.15) is 17.3 Å². The molecule has 6 heteroatoms. The topological polar surface area (TPSA) is 64.0 Å². The van der Waals surface area contributed by atoms with Crippen LogP contribution in [0.4, 0.5) is 0 Å². The van der Waals surface area contributed by atoms with Gasteiger partial charge in [-0.1, -0.05) is 0 Å². The lowest BCUT2D eigenvalue weighted by atomic mass is 10.2. The second-order valence-corrected chi connectivity index (χ2v) is 5.99. The number of imidazole rings is 1. The van der Waals surface area contributed by atoms with Gasteiger partial charge in [0.25, 0.3) is 5.91 Å². The third kappa shape index (κ3) is 3.77. The maximum absolute atomic E-state index is 12.1. The number of nitrogens with one attached hydrogen (secondary N) is 1. The fourth-order valence-electron chi connectivity index (χ4n) is 1.86. The van der Waals surface area contributed by atoms with E-state index in [1.54, 1.807) is 43.0 Å². The lowest BCUT2D eigenvalue weighted by Crippen LogP contribution is -2.35. The highest BCUT2D eigenvalue weighted by Crippen LogP contribution is 2.08. The molecule has 0 saturated heterocycles. The summed E-state index contributed by atoms with van der Waals surface area (Å²) in [5, 5.41) is 2.92. The average molecular weight is 291 g/mol. The van der Waals surface area contributed by atoms with Gasteiger partial charge in [-0.15, -0.1) is 0 Å². The van der Waals surface area contributed by atoms with Crippen LogP contribution in [0.15, 0.2) is 47.9 Å². The van der Waals surface area contributed by atoms with Crippen molar-refractivity contribution in [3.63, 3.8) is 0 Å². The molecule has 0 unspecified atom stereocenters. The van der Waals surface area contributed by atoms with E-state index in [0.717, 1.165) is 0 Å². The average Bonchev–Trinajstić information content (AvgIpc) is 2.91. The molecule has 2 atom stereocenters. The van der Waals surface area contributed by atoms with Gasteiger partial charge in [-0.3, -0.25) is 9.00 Å². The molecule has 2 rings (SSSR count). The van der Waals surface area contributed by atoms with Gasteiger partial charge in [-0.25, -0.2) is 4.98 Å². The number of hydrogen-bond donors (Lipinski definition) is 1. The van der Waals surface area contributed by atoms with Crippen molar-refractivity contribution in [2.45, 2.75) is 24.4 Å². The van der Waals surface area contributed by atoms with Crippen molar-refractivity contribution < 1.29 is 9.00 Å². The van der Waals surface area contributed by atoms with E-state index in [1.807, 2.05) is 17.7 Å². The van der Waals surface area contributed by atoms with Gasteiger partial charge in [0, 0.05) is 52.5 Å². The predicted molar refractivity (Wildman–Crippen MR) is 77.9 cm³/mol. The molecule has 0 aliphatic carbocycles. The zero-order chi connectivity index (χ0) is 14.5. The molecule has 0 radical (unpaired) electrons. The highest BCUT2D eigenvalue weighted by atomic mass is 32.2. The fraction of sp³-hybridized carbons (Fsp3) is 0.286. The van der Waals surface area contributed by atoms with Crippen LogP contribution in [-0.2, 0) is 17.3 Å². The lowest BCUT2D eigenvalue weighted by molar-refractivity contribution is 0.0936. The van der Waals surface area contributed by atoms with E-state index in [1.165, 1.54) is 0 Å². The van der Waals surface area contributed by atoms with E-state index in [4.69, 9.17) is 0 Å². The molecule has 20 heavy (non-hydrogen) atoms. The molecule has 0 saturated carbocycles.